The molecule has 0 unspecified atom stereocenters. The van der Waals surface area contributed by atoms with Crippen molar-refractivity contribution in [1.82, 2.24) is 20.1 Å². The maximum Gasteiger partial charge on any atom is 0.159 e. The van der Waals surface area contributed by atoms with Crippen LogP contribution in [0.2, 0.25) is 0 Å². The Balaban J connectivity index is 1.98. The normalized spacial score (nSPS) is 16.5. The topological polar surface area (TPSA) is 64.0 Å². The number of anilines is 1. The standard InChI is InChI=1S/C15H23N5O/c1-3-20-15-13(10-18-20)14(11(8-16-2)9-17-15)19-12-4-6-21-7-5-12/h9-10,12,16H,3-8H2,1-2H3,(H,17,19). The molecule has 3 heterocycles. The summed E-state index contributed by atoms with van der Waals surface area (Å²) in [6.07, 6.45) is 5.97. The maximum absolute atomic E-state index is 5.44. The van der Waals surface area contributed by atoms with Gasteiger partial charge in [-0.15, -0.1) is 0 Å². The Bertz CT molecular complexity index is 603. The molecule has 6 heteroatoms. The molecule has 0 bridgehead atoms. The lowest BCUT2D eigenvalue weighted by Gasteiger charge is -2.25. The van der Waals surface area contributed by atoms with Gasteiger partial charge in [0, 0.05) is 44.1 Å². The zero-order valence-electron chi connectivity index (χ0n) is 12.7. The van der Waals surface area contributed by atoms with Gasteiger partial charge >= 0.3 is 0 Å². The summed E-state index contributed by atoms with van der Waals surface area (Å²) in [6, 6.07) is 0.463. The number of ether oxygens (including phenoxy) is 1. The highest BCUT2D eigenvalue weighted by Crippen LogP contribution is 2.28. The highest BCUT2D eigenvalue weighted by atomic mass is 16.5. The SMILES string of the molecule is CCn1ncc2c(NC3CCOCC3)c(CNC)cnc21. The number of rotatable bonds is 5. The van der Waals surface area contributed by atoms with E-state index in [1.807, 2.05) is 24.1 Å². The van der Waals surface area contributed by atoms with E-state index in [2.05, 4.69) is 27.6 Å². The first-order valence-electron chi connectivity index (χ1n) is 7.65. The van der Waals surface area contributed by atoms with E-state index in [0.29, 0.717) is 6.04 Å². The summed E-state index contributed by atoms with van der Waals surface area (Å²) in [5, 5.41) is 12.5. The molecule has 1 aliphatic heterocycles. The lowest BCUT2D eigenvalue weighted by atomic mass is 10.1. The van der Waals surface area contributed by atoms with Crippen LogP contribution in [0.4, 0.5) is 5.69 Å². The second-order valence-electron chi connectivity index (χ2n) is 5.42. The van der Waals surface area contributed by atoms with Crippen molar-refractivity contribution in [3.8, 4) is 0 Å². The van der Waals surface area contributed by atoms with Gasteiger partial charge in [0.25, 0.3) is 0 Å². The summed E-state index contributed by atoms with van der Waals surface area (Å²) < 4.78 is 7.38. The van der Waals surface area contributed by atoms with Gasteiger partial charge in [-0.2, -0.15) is 5.10 Å². The summed E-state index contributed by atoms with van der Waals surface area (Å²) in [5.74, 6) is 0. The third-order valence-electron chi connectivity index (χ3n) is 3.98. The molecule has 0 spiro atoms. The highest BCUT2D eigenvalue weighted by Gasteiger charge is 2.18. The molecule has 21 heavy (non-hydrogen) atoms. The lowest BCUT2D eigenvalue weighted by molar-refractivity contribution is 0.0904. The zero-order chi connectivity index (χ0) is 14.7. The largest absolute Gasteiger partial charge is 0.381 e. The molecule has 2 N–H and O–H groups in total. The summed E-state index contributed by atoms with van der Waals surface area (Å²) in [7, 11) is 1.96. The molecule has 0 atom stereocenters. The average Bonchev–Trinajstić information content (AvgIpc) is 2.94. The first kappa shape index (κ1) is 14.3. The second-order valence-corrected chi connectivity index (χ2v) is 5.42. The van der Waals surface area contributed by atoms with E-state index in [0.717, 1.165) is 50.2 Å². The molecule has 1 aliphatic rings. The predicted molar refractivity (Wildman–Crippen MR) is 83.4 cm³/mol. The van der Waals surface area contributed by atoms with E-state index >= 15 is 0 Å². The Labute approximate surface area is 124 Å². The monoisotopic (exact) mass is 289 g/mol. The number of pyridine rings is 1. The summed E-state index contributed by atoms with van der Waals surface area (Å²) in [5.41, 5.74) is 3.31. The molecule has 1 saturated heterocycles. The number of nitrogens with one attached hydrogen (secondary N) is 2. The van der Waals surface area contributed by atoms with Crippen LogP contribution in [0.25, 0.3) is 11.0 Å². The van der Waals surface area contributed by atoms with Crippen molar-refractivity contribution in [2.24, 2.45) is 0 Å². The Morgan fingerprint density at radius 3 is 2.86 bits per heavy atom. The number of aryl methyl sites for hydroxylation is 1. The molecule has 0 aliphatic carbocycles. The molecule has 6 nitrogen and oxygen atoms in total. The van der Waals surface area contributed by atoms with E-state index < -0.39 is 0 Å². The van der Waals surface area contributed by atoms with E-state index in [-0.39, 0.29) is 0 Å². The number of hydrogen-bond acceptors (Lipinski definition) is 5. The number of fused-ring (bicyclic) bond motifs is 1. The minimum Gasteiger partial charge on any atom is -0.381 e. The number of nitrogens with zero attached hydrogens (tertiary/aromatic N) is 3. The van der Waals surface area contributed by atoms with Gasteiger partial charge in [0.2, 0.25) is 0 Å². The van der Waals surface area contributed by atoms with Crippen LogP contribution in [0.3, 0.4) is 0 Å². The van der Waals surface area contributed by atoms with E-state index in [1.54, 1.807) is 0 Å². The van der Waals surface area contributed by atoms with Crippen LogP contribution in [-0.2, 0) is 17.8 Å². The molecular weight excluding hydrogens is 266 g/mol. The molecule has 2 aromatic heterocycles. The summed E-state index contributed by atoms with van der Waals surface area (Å²) in [4.78, 5) is 4.58. The summed E-state index contributed by atoms with van der Waals surface area (Å²) >= 11 is 0. The molecule has 2 aromatic rings. The van der Waals surface area contributed by atoms with Crippen LogP contribution in [0.1, 0.15) is 25.3 Å². The Morgan fingerprint density at radius 1 is 1.33 bits per heavy atom. The number of aromatic nitrogens is 3. The Kier molecular flexibility index (Phi) is 4.36. The summed E-state index contributed by atoms with van der Waals surface area (Å²) in [6.45, 7) is 5.38. The van der Waals surface area contributed by atoms with Gasteiger partial charge in [0.05, 0.1) is 17.3 Å². The van der Waals surface area contributed by atoms with Crippen LogP contribution in [0.15, 0.2) is 12.4 Å². The van der Waals surface area contributed by atoms with Gasteiger partial charge in [-0.05, 0) is 26.8 Å². The van der Waals surface area contributed by atoms with Crippen molar-refractivity contribution in [2.75, 3.05) is 25.6 Å². The molecular formula is C15H23N5O. The van der Waals surface area contributed by atoms with Crippen molar-refractivity contribution in [1.29, 1.82) is 0 Å². The van der Waals surface area contributed by atoms with Crippen molar-refractivity contribution in [3.63, 3.8) is 0 Å². The minimum atomic E-state index is 0.463. The van der Waals surface area contributed by atoms with Crippen LogP contribution in [0, 0.1) is 0 Å². The fourth-order valence-corrected chi connectivity index (χ4v) is 2.84. The van der Waals surface area contributed by atoms with Gasteiger partial charge in [-0.1, -0.05) is 0 Å². The van der Waals surface area contributed by atoms with Crippen molar-refractivity contribution < 1.29 is 4.74 Å². The second kappa shape index (κ2) is 6.41. The molecule has 0 aromatic carbocycles. The molecule has 3 rings (SSSR count). The zero-order valence-corrected chi connectivity index (χ0v) is 12.7. The Hall–Kier alpha value is -1.66. The quantitative estimate of drug-likeness (QED) is 0.878. The van der Waals surface area contributed by atoms with Gasteiger partial charge in [-0.3, -0.25) is 0 Å². The van der Waals surface area contributed by atoms with E-state index in [1.165, 1.54) is 11.3 Å². The van der Waals surface area contributed by atoms with Crippen LogP contribution >= 0.6 is 0 Å². The first-order valence-corrected chi connectivity index (χ1v) is 7.65. The van der Waals surface area contributed by atoms with Crippen LogP contribution < -0.4 is 10.6 Å². The van der Waals surface area contributed by atoms with E-state index in [4.69, 9.17) is 4.74 Å². The molecule has 114 valence electrons. The van der Waals surface area contributed by atoms with Crippen molar-refractivity contribution in [2.45, 2.75) is 38.9 Å². The van der Waals surface area contributed by atoms with E-state index in [9.17, 15) is 0 Å². The van der Waals surface area contributed by atoms with Crippen LogP contribution in [0.5, 0.6) is 0 Å². The molecule has 0 amide bonds. The van der Waals surface area contributed by atoms with Crippen LogP contribution in [-0.4, -0.2) is 41.1 Å². The smallest absolute Gasteiger partial charge is 0.159 e. The van der Waals surface area contributed by atoms with Crippen molar-refractivity contribution in [3.05, 3.63) is 18.0 Å². The molecule has 0 radical (unpaired) electrons. The highest BCUT2D eigenvalue weighted by molar-refractivity contribution is 5.90. The van der Waals surface area contributed by atoms with Gasteiger partial charge in [0.15, 0.2) is 5.65 Å². The third-order valence-corrected chi connectivity index (χ3v) is 3.98. The maximum atomic E-state index is 5.44. The van der Waals surface area contributed by atoms with Gasteiger partial charge < -0.3 is 15.4 Å². The fourth-order valence-electron chi connectivity index (χ4n) is 2.84. The minimum absolute atomic E-state index is 0.463. The first-order chi connectivity index (χ1) is 10.3. The van der Waals surface area contributed by atoms with Crippen molar-refractivity contribution >= 4 is 16.7 Å². The molecule has 0 saturated carbocycles. The third kappa shape index (κ3) is 2.87. The fraction of sp³-hybridized carbons (Fsp3) is 0.600. The number of hydrogen-bond donors (Lipinski definition) is 2. The molecule has 1 fully saturated rings. The van der Waals surface area contributed by atoms with Gasteiger partial charge in [-0.25, -0.2) is 9.67 Å². The lowest BCUT2D eigenvalue weighted by Crippen LogP contribution is -2.28. The van der Waals surface area contributed by atoms with Gasteiger partial charge in [0.1, 0.15) is 0 Å². The average molecular weight is 289 g/mol. The Morgan fingerprint density at radius 2 is 2.14 bits per heavy atom. The predicted octanol–water partition coefficient (Wildman–Crippen LogP) is 1.76.